The van der Waals surface area contributed by atoms with Crippen molar-refractivity contribution in [1.82, 2.24) is 0 Å². The highest BCUT2D eigenvalue weighted by Crippen LogP contribution is 2.36. The molecule has 2 atom stereocenters. The Balaban J connectivity index is 2.09. The van der Waals surface area contributed by atoms with Crippen molar-refractivity contribution in [3.8, 4) is 5.75 Å². The molecule has 150 valence electrons. The lowest BCUT2D eigenvalue weighted by Crippen LogP contribution is -2.31. The number of hydrogen-bond donors (Lipinski definition) is 2. The lowest BCUT2D eigenvalue weighted by molar-refractivity contribution is -0.307. The normalized spacial score (nSPS) is 17.3. The van der Waals surface area contributed by atoms with Gasteiger partial charge in [-0.25, -0.2) is 0 Å². The Hall–Kier alpha value is -1.34. The quantitative estimate of drug-likeness (QED) is 0.597. The summed E-state index contributed by atoms with van der Waals surface area (Å²) in [5.74, 6) is -1.45. The highest BCUT2D eigenvalue weighted by molar-refractivity contribution is 6.36. The number of carboxylic acids is 1. The van der Waals surface area contributed by atoms with E-state index in [0.717, 1.165) is 32.1 Å². The van der Waals surface area contributed by atoms with Gasteiger partial charge in [0.2, 0.25) is 0 Å². The van der Waals surface area contributed by atoms with E-state index in [-0.39, 0.29) is 41.1 Å². The maximum absolute atomic E-state index is 12.9. The standard InChI is InChI=1S/C19H24Cl2O6/c20-12-6-15(18(26)11-4-2-1-3-5-11)19(16(21)7-12)27-10-14(23)8-13(22)9-17(24)25/h6-7,11,13-14,22-23H,1-5,8-10H2,(H,24,25)/p-1/t13-,14?/m1/s1. The van der Waals surface area contributed by atoms with Crippen molar-refractivity contribution in [3.63, 3.8) is 0 Å². The molecule has 0 spiro atoms. The van der Waals surface area contributed by atoms with Crippen LogP contribution in [0.4, 0.5) is 0 Å². The molecule has 0 heterocycles. The minimum absolute atomic E-state index is 0.0828. The molecule has 0 bridgehead atoms. The molecule has 1 aliphatic rings. The van der Waals surface area contributed by atoms with Gasteiger partial charge in [0, 0.05) is 29.8 Å². The zero-order valence-corrected chi connectivity index (χ0v) is 16.3. The molecule has 0 amide bonds. The van der Waals surface area contributed by atoms with Crippen molar-refractivity contribution in [2.45, 2.75) is 57.2 Å². The van der Waals surface area contributed by atoms with Crippen LogP contribution in [0.25, 0.3) is 0 Å². The summed E-state index contributed by atoms with van der Waals surface area (Å²) >= 11 is 12.2. The molecule has 1 fully saturated rings. The second-order valence-corrected chi connectivity index (χ2v) is 7.74. The fourth-order valence-corrected chi connectivity index (χ4v) is 3.86. The molecule has 27 heavy (non-hydrogen) atoms. The summed E-state index contributed by atoms with van der Waals surface area (Å²) in [7, 11) is 0. The average molecular weight is 418 g/mol. The molecule has 1 aromatic rings. The molecule has 0 aliphatic heterocycles. The summed E-state index contributed by atoms with van der Waals surface area (Å²) in [6.45, 7) is -0.254. The third-order valence-electron chi connectivity index (χ3n) is 4.62. The topological polar surface area (TPSA) is 107 Å². The van der Waals surface area contributed by atoms with E-state index in [0.29, 0.717) is 5.02 Å². The Labute approximate surface area is 168 Å². The molecule has 1 aromatic carbocycles. The number of aliphatic hydroxyl groups excluding tert-OH is 2. The monoisotopic (exact) mass is 417 g/mol. The molecule has 0 aromatic heterocycles. The van der Waals surface area contributed by atoms with Gasteiger partial charge in [0.1, 0.15) is 12.4 Å². The van der Waals surface area contributed by atoms with Crippen molar-refractivity contribution >= 4 is 35.0 Å². The third kappa shape index (κ3) is 6.64. The summed E-state index contributed by atoms with van der Waals surface area (Å²) in [4.78, 5) is 23.4. The second kappa shape index (κ2) is 10.3. The number of carbonyl (C=O) groups is 2. The van der Waals surface area contributed by atoms with Gasteiger partial charge >= 0.3 is 0 Å². The Bertz CT molecular complexity index is 672. The highest BCUT2D eigenvalue weighted by Gasteiger charge is 2.27. The molecule has 0 radical (unpaired) electrons. The van der Waals surface area contributed by atoms with Crippen molar-refractivity contribution in [1.29, 1.82) is 0 Å². The number of halogens is 2. The Morgan fingerprint density at radius 1 is 1.15 bits per heavy atom. The van der Waals surface area contributed by atoms with Gasteiger partial charge < -0.3 is 24.9 Å². The van der Waals surface area contributed by atoms with Gasteiger partial charge in [-0.05, 0) is 25.0 Å². The summed E-state index contributed by atoms with van der Waals surface area (Å²) in [5, 5.41) is 30.5. The van der Waals surface area contributed by atoms with Gasteiger partial charge in [-0.2, -0.15) is 0 Å². The van der Waals surface area contributed by atoms with Crippen LogP contribution in [0.5, 0.6) is 5.75 Å². The summed E-state index contributed by atoms with van der Waals surface area (Å²) < 4.78 is 5.57. The van der Waals surface area contributed by atoms with Gasteiger partial charge in [0.15, 0.2) is 5.78 Å². The SMILES string of the molecule is O=C([O-])C[C@H](O)CC(O)COc1c(Cl)cc(Cl)cc1C(=O)C1CCCCC1. The van der Waals surface area contributed by atoms with E-state index in [1.54, 1.807) is 0 Å². The summed E-state index contributed by atoms with van der Waals surface area (Å²) in [6.07, 6.45) is 1.55. The molecular formula is C19H23Cl2O6-. The number of benzene rings is 1. The smallest absolute Gasteiger partial charge is 0.169 e. The maximum atomic E-state index is 12.9. The van der Waals surface area contributed by atoms with Gasteiger partial charge in [0.05, 0.1) is 22.8 Å². The molecule has 1 saturated carbocycles. The van der Waals surface area contributed by atoms with E-state index in [4.69, 9.17) is 27.9 Å². The van der Waals surface area contributed by atoms with E-state index in [1.165, 1.54) is 12.1 Å². The molecule has 0 saturated heterocycles. The van der Waals surface area contributed by atoms with Crippen LogP contribution in [-0.4, -0.2) is 40.8 Å². The van der Waals surface area contributed by atoms with Gasteiger partial charge in [-0.15, -0.1) is 0 Å². The first kappa shape index (κ1) is 22.0. The lowest BCUT2D eigenvalue weighted by Gasteiger charge is -2.23. The van der Waals surface area contributed by atoms with Gasteiger partial charge in [-0.3, -0.25) is 4.79 Å². The number of aliphatic hydroxyl groups is 2. The van der Waals surface area contributed by atoms with Crippen LogP contribution >= 0.6 is 23.2 Å². The predicted octanol–water partition coefficient (Wildman–Crippen LogP) is 2.39. The Kier molecular flexibility index (Phi) is 8.35. The van der Waals surface area contributed by atoms with E-state index in [1.807, 2.05) is 0 Å². The third-order valence-corrected chi connectivity index (χ3v) is 5.12. The largest absolute Gasteiger partial charge is 0.550 e. The highest BCUT2D eigenvalue weighted by atomic mass is 35.5. The minimum Gasteiger partial charge on any atom is -0.550 e. The number of carbonyl (C=O) groups excluding carboxylic acids is 2. The zero-order chi connectivity index (χ0) is 20.0. The van der Waals surface area contributed by atoms with E-state index in [9.17, 15) is 24.9 Å². The first-order valence-electron chi connectivity index (χ1n) is 9.00. The molecule has 8 heteroatoms. The fourth-order valence-electron chi connectivity index (χ4n) is 3.31. The zero-order valence-electron chi connectivity index (χ0n) is 14.8. The number of ketones is 1. The molecular weight excluding hydrogens is 395 g/mol. The molecule has 2 N–H and O–H groups in total. The number of hydrogen-bond acceptors (Lipinski definition) is 6. The van der Waals surface area contributed by atoms with Crippen LogP contribution in [0.15, 0.2) is 12.1 Å². The number of carboxylic acid groups (broad SMARTS) is 1. The van der Waals surface area contributed by atoms with Crippen LogP contribution < -0.4 is 9.84 Å². The van der Waals surface area contributed by atoms with Gasteiger partial charge in [-0.1, -0.05) is 42.5 Å². The maximum Gasteiger partial charge on any atom is 0.169 e. The van der Waals surface area contributed by atoms with E-state index < -0.39 is 24.6 Å². The lowest BCUT2D eigenvalue weighted by atomic mass is 9.83. The van der Waals surface area contributed by atoms with Crippen molar-refractivity contribution in [2.24, 2.45) is 5.92 Å². The van der Waals surface area contributed by atoms with Crippen molar-refractivity contribution in [2.75, 3.05) is 6.61 Å². The van der Waals surface area contributed by atoms with Crippen molar-refractivity contribution < 1.29 is 29.6 Å². The predicted molar refractivity (Wildman–Crippen MR) is 99.1 cm³/mol. The minimum atomic E-state index is -1.41. The molecule has 1 unspecified atom stereocenters. The van der Waals surface area contributed by atoms with Crippen LogP contribution in [0.2, 0.25) is 10.0 Å². The first-order chi connectivity index (χ1) is 12.8. The van der Waals surface area contributed by atoms with E-state index >= 15 is 0 Å². The number of ether oxygens (including phenoxy) is 1. The number of rotatable bonds is 9. The Morgan fingerprint density at radius 2 is 1.81 bits per heavy atom. The molecule has 2 rings (SSSR count). The van der Waals surface area contributed by atoms with Crippen molar-refractivity contribution in [3.05, 3.63) is 27.7 Å². The molecule has 6 nitrogen and oxygen atoms in total. The molecule has 1 aliphatic carbocycles. The number of aliphatic carboxylic acids is 1. The van der Waals surface area contributed by atoms with Crippen LogP contribution in [0.1, 0.15) is 55.3 Å². The summed E-state index contributed by atoms with van der Waals surface area (Å²) in [5.41, 5.74) is 0.280. The number of Topliss-reactive ketones (excluding diaryl/α,β-unsaturated/α-hetero) is 1. The first-order valence-corrected chi connectivity index (χ1v) is 9.75. The fraction of sp³-hybridized carbons (Fsp3) is 0.579. The van der Waals surface area contributed by atoms with Crippen LogP contribution in [0.3, 0.4) is 0 Å². The Morgan fingerprint density at radius 3 is 2.44 bits per heavy atom. The average Bonchev–Trinajstić information content (AvgIpc) is 2.59. The van der Waals surface area contributed by atoms with Crippen LogP contribution in [0, 0.1) is 5.92 Å². The van der Waals surface area contributed by atoms with E-state index in [2.05, 4.69) is 0 Å². The van der Waals surface area contributed by atoms with Gasteiger partial charge in [0.25, 0.3) is 0 Å². The van der Waals surface area contributed by atoms with Crippen LogP contribution in [-0.2, 0) is 4.79 Å². The second-order valence-electron chi connectivity index (χ2n) is 6.89. The summed E-state index contributed by atoms with van der Waals surface area (Å²) in [6, 6.07) is 2.96.